The molecular weight excluding hydrogens is 304 g/mol. The molecule has 2 heterocycles. The molecule has 1 aromatic carbocycles. The fourth-order valence-corrected chi connectivity index (χ4v) is 7.07. The molecule has 0 saturated carbocycles. The molecule has 0 spiro atoms. The first kappa shape index (κ1) is 14.9. The maximum atomic E-state index is 11.9. The van der Waals surface area contributed by atoms with Gasteiger partial charge >= 0.3 is 0 Å². The second-order valence-corrected chi connectivity index (χ2v) is 8.99. The number of anilines is 1. The van der Waals surface area contributed by atoms with E-state index in [2.05, 4.69) is 32.0 Å². The molecular formula is C15H20N2O2S2. The van der Waals surface area contributed by atoms with E-state index in [0.717, 1.165) is 18.5 Å². The minimum Gasteiger partial charge on any atom is -0.316 e. The maximum Gasteiger partial charge on any atom is 0.161 e. The molecule has 2 aliphatic heterocycles. The van der Waals surface area contributed by atoms with Gasteiger partial charge in [0, 0.05) is 10.9 Å². The van der Waals surface area contributed by atoms with Gasteiger partial charge in [0.25, 0.3) is 0 Å². The second-order valence-electron chi connectivity index (χ2n) is 5.61. The minimum absolute atomic E-state index is 0.0112. The average molecular weight is 324 g/mol. The van der Waals surface area contributed by atoms with Gasteiger partial charge in [-0.05, 0) is 24.0 Å². The summed E-state index contributed by atoms with van der Waals surface area (Å²) in [6.07, 6.45) is 1.78. The lowest BCUT2D eigenvalue weighted by Gasteiger charge is -2.28. The van der Waals surface area contributed by atoms with Gasteiger partial charge in [0.15, 0.2) is 15.0 Å². The number of hydrogen-bond acceptors (Lipinski definition) is 4. The number of nitrogens with one attached hydrogen (secondary N) is 1. The van der Waals surface area contributed by atoms with E-state index >= 15 is 0 Å². The molecule has 0 amide bonds. The third-order valence-corrected chi connectivity index (χ3v) is 7.42. The summed E-state index contributed by atoms with van der Waals surface area (Å²) in [5.41, 5.74) is 3.47. The van der Waals surface area contributed by atoms with Gasteiger partial charge in [0.1, 0.15) is 0 Å². The number of para-hydroxylation sites is 1. The normalized spacial score (nSPS) is 27.1. The fourth-order valence-electron chi connectivity index (χ4n) is 3.29. The van der Waals surface area contributed by atoms with Gasteiger partial charge in [-0.3, -0.25) is 5.41 Å². The average Bonchev–Trinajstić information content (AvgIpc) is 2.88. The Morgan fingerprint density at radius 3 is 2.43 bits per heavy atom. The van der Waals surface area contributed by atoms with Crippen molar-refractivity contribution in [2.24, 2.45) is 0 Å². The zero-order chi connectivity index (χ0) is 15.2. The molecule has 2 aliphatic rings. The summed E-state index contributed by atoms with van der Waals surface area (Å²) in [5, 5.41) is 8.82. The number of aryl methyl sites for hydroxylation is 2. The van der Waals surface area contributed by atoms with Crippen LogP contribution >= 0.6 is 11.8 Å². The van der Waals surface area contributed by atoms with Crippen molar-refractivity contribution in [3.8, 4) is 0 Å². The smallest absolute Gasteiger partial charge is 0.161 e. The minimum atomic E-state index is -2.97. The lowest BCUT2D eigenvalue weighted by Crippen LogP contribution is -2.38. The van der Waals surface area contributed by atoms with Crippen LogP contribution in [0.25, 0.3) is 0 Å². The third-order valence-electron chi connectivity index (χ3n) is 4.29. The summed E-state index contributed by atoms with van der Waals surface area (Å²) in [5.74, 6) is 0.380. The molecule has 2 atom stereocenters. The standard InChI is InChI=1S/C15H20N2O2S2/c1-3-10-6-5-7-11(4-2)14(10)17-12-8-21(18,19)9-13(12)20-15(17)16/h5-7,12-13,16H,3-4,8-9H2,1-2H3/t12-,13-/m1/s1. The Morgan fingerprint density at radius 2 is 1.86 bits per heavy atom. The van der Waals surface area contributed by atoms with E-state index in [4.69, 9.17) is 5.41 Å². The van der Waals surface area contributed by atoms with Crippen LogP contribution in [0.5, 0.6) is 0 Å². The molecule has 0 unspecified atom stereocenters. The predicted molar refractivity (Wildman–Crippen MR) is 89.2 cm³/mol. The Balaban J connectivity index is 2.09. The number of thioether (sulfide) groups is 1. The lowest BCUT2D eigenvalue weighted by molar-refractivity contribution is 0.601. The highest BCUT2D eigenvalue weighted by atomic mass is 32.2. The van der Waals surface area contributed by atoms with Crippen LogP contribution in [0.3, 0.4) is 0 Å². The quantitative estimate of drug-likeness (QED) is 0.928. The van der Waals surface area contributed by atoms with Crippen molar-refractivity contribution in [2.45, 2.75) is 38.0 Å². The second kappa shape index (κ2) is 5.32. The number of hydrogen-bond donors (Lipinski definition) is 1. The number of nitrogens with zero attached hydrogens (tertiary/aromatic N) is 1. The molecule has 0 bridgehead atoms. The number of amidine groups is 1. The van der Waals surface area contributed by atoms with Crippen molar-refractivity contribution < 1.29 is 8.42 Å². The third kappa shape index (κ3) is 2.48. The molecule has 1 N–H and O–H groups in total. The SMILES string of the molecule is CCc1cccc(CC)c1N1C(=N)S[C@@H]2CS(=O)(=O)C[C@H]21. The molecule has 2 fully saturated rings. The molecule has 4 nitrogen and oxygen atoms in total. The van der Waals surface area contributed by atoms with E-state index in [1.54, 1.807) is 0 Å². The molecule has 2 saturated heterocycles. The van der Waals surface area contributed by atoms with Crippen LogP contribution in [0.2, 0.25) is 0 Å². The van der Waals surface area contributed by atoms with Gasteiger partial charge in [-0.1, -0.05) is 43.8 Å². The highest BCUT2D eigenvalue weighted by molar-refractivity contribution is 8.15. The topological polar surface area (TPSA) is 61.2 Å². The Morgan fingerprint density at radius 1 is 1.24 bits per heavy atom. The van der Waals surface area contributed by atoms with Crippen molar-refractivity contribution in [1.82, 2.24) is 0 Å². The first-order valence-electron chi connectivity index (χ1n) is 7.32. The molecule has 114 valence electrons. The molecule has 21 heavy (non-hydrogen) atoms. The Labute approximate surface area is 130 Å². The molecule has 0 radical (unpaired) electrons. The van der Waals surface area contributed by atoms with Gasteiger partial charge in [-0.15, -0.1) is 0 Å². The highest BCUT2D eigenvalue weighted by Crippen LogP contribution is 2.42. The van der Waals surface area contributed by atoms with Crippen molar-refractivity contribution in [1.29, 1.82) is 5.41 Å². The Hall–Kier alpha value is -1.01. The summed E-state index contributed by atoms with van der Waals surface area (Å²) < 4.78 is 23.9. The van der Waals surface area contributed by atoms with Crippen molar-refractivity contribution in [3.05, 3.63) is 29.3 Å². The molecule has 0 aliphatic carbocycles. The van der Waals surface area contributed by atoms with Crippen LogP contribution in [0.4, 0.5) is 5.69 Å². The predicted octanol–water partition coefficient (Wildman–Crippen LogP) is 2.46. The van der Waals surface area contributed by atoms with Crippen LogP contribution < -0.4 is 4.90 Å². The van der Waals surface area contributed by atoms with Crippen molar-refractivity contribution >= 4 is 32.5 Å². The van der Waals surface area contributed by atoms with Gasteiger partial charge in [0.2, 0.25) is 0 Å². The maximum absolute atomic E-state index is 11.9. The van der Waals surface area contributed by atoms with Crippen LogP contribution in [0.15, 0.2) is 18.2 Å². The van der Waals surface area contributed by atoms with E-state index < -0.39 is 9.84 Å². The van der Waals surface area contributed by atoms with Crippen LogP contribution in [0, 0.1) is 5.41 Å². The zero-order valence-electron chi connectivity index (χ0n) is 12.3. The van der Waals surface area contributed by atoms with Crippen LogP contribution in [-0.4, -0.2) is 36.4 Å². The fraction of sp³-hybridized carbons (Fsp3) is 0.533. The Bertz CT molecular complexity index is 663. The summed E-state index contributed by atoms with van der Waals surface area (Å²) in [7, 11) is -2.97. The van der Waals surface area contributed by atoms with Crippen LogP contribution in [-0.2, 0) is 22.7 Å². The summed E-state index contributed by atoms with van der Waals surface area (Å²) in [6.45, 7) is 4.21. The number of benzene rings is 1. The number of fused-ring (bicyclic) bond motifs is 1. The number of sulfone groups is 1. The van der Waals surface area contributed by atoms with E-state index in [0.29, 0.717) is 5.17 Å². The summed E-state index contributed by atoms with van der Waals surface area (Å²) in [6, 6.07) is 6.15. The molecule has 6 heteroatoms. The Kier molecular flexibility index (Phi) is 3.78. The van der Waals surface area contributed by atoms with Gasteiger partial charge < -0.3 is 4.90 Å². The number of rotatable bonds is 3. The highest BCUT2D eigenvalue weighted by Gasteiger charge is 2.49. The molecule has 3 rings (SSSR count). The van der Waals surface area contributed by atoms with Gasteiger partial charge in [-0.25, -0.2) is 8.42 Å². The van der Waals surface area contributed by atoms with Gasteiger partial charge in [-0.2, -0.15) is 0 Å². The molecule has 0 aromatic heterocycles. The van der Waals surface area contributed by atoms with E-state index in [1.165, 1.54) is 22.9 Å². The van der Waals surface area contributed by atoms with E-state index in [1.807, 2.05) is 4.90 Å². The van der Waals surface area contributed by atoms with Crippen molar-refractivity contribution in [2.75, 3.05) is 16.4 Å². The monoisotopic (exact) mass is 324 g/mol. The largest absolute Gasteiger partial charge is 0.316 e. The summed E-state index contributed by atoms with van der Waals surface area (Å²) >= 11 is 1.41. The lowest BCUT2D eigenvalue weighted by atomic mass is 10.0. The first-order chi connectivity index (χ1) is 9.96. The first-order valence-corrected chi connectivity index (χ1v) is 10.0. The van der Waals surface area contributed by atoms with E-state index in [-0.39, 0.29) is 22.8 Å². The molecule has 1 aromatic rings. The van der Waals surface area contributed by atoms with E-state index in [9.17, 15) is 8.42 Å². The van der Waals surface area contributed by atoms with Crippen LogP contribution in [0.1, 0.15) is 25.0 Å². The summed E-state index contributed by atoms with van der Waals surface area (Å²) in [4.78, 5) is 1.98. The van der Waals surface area contributed by atoms with Gasteiger partial charge in [0.05, 0.1) is 17.5 Å². The zero-order valence-corrected chi connectivity index (χ0v) is 13.9. The van der Waals surface area contributed by atoms with Crippen molar-refractivity contribution in [3.63, 3.8) is 0 Å².